The molecule has 0 saturated heterocycles. The number of carbonyl (C=O) groups is 1. The maximum Gasteiger partial charge on any atom is 0.221 e. The molecule has 7 heteroatoms. The van der Waals surface area contributed by atoms with Crippen LogP contribution >= 0.6 is 34.5 Å². The minimum atomic E-state index is -0.200. The number of rotatable bonds is 4. The summed E-state index contributed by atoms with van der Waals surface area (Å²) in [5.74, 6) is -0.200. The first kappa shape index (κ1) is 19.1. The van der Waals surface area contributed by atoms with E-state index in [1.54, 1.807) is 24.3 Å². The third kappa shape index (κ3) is 4.55. The first-order chi connectivity index (χ1) is 13.0. The summed E-state index contributed by atoms with van der Waals surface area (Å²) in [4.78, 5) is 16.2. The Kier molecular flexibility index (Phi) is 5.92. The fourth-order valence-corrected chi connectivity index (χ4v) is 3.69. The predicted octanol–water partition coefficient (Wildman–Crippen LogP) is 6.14. The fraction of sp³-hybridized carbons (Fsp3) is 0.0500. The smallest absolute Gasteiger partial charge is 0.221 e. The largest absolute Gasteiger partial charge is 0.316 e. The van der Waals surface area contributed by atoms with E-state index in [0.29, 0.717) is 31.3 Å². The molecule has 0 aliphatic rings. The molecule has 134 valence electrons. The number of hydrogen-bond acceptors (Lipinski definition) is 4. The molecular weight excluding hydrogens is 401 g/mol. The van der Waals surface area contributed by atoms with Crippen LogP contribution in [0.3, 0.4) is 0 Å². The molecule has 1 amide bonds. The van der Waals surface area contributed by atoms with Gasteiger partial charge in [0.2, 0.25) is 5.91 Å². The SMILES string of the molecule is CC(=O)Nc1sc(/C(C#N)=C\c2ccc(Cl)c(Cl)c2)nc1-c1ccccc1. The highest BCUT2D eigenvalue weighted by atomic mass is 35.5. The van der Waals surface area contributed by atoms with Crippen molar-refractivity contribution in [3.63, 3.8) is 0 Å². The molecule has 4 nitrogen and oxygen atoms in total. The summed E-state index contributed by atoms with van der Waals surface area (Å²) in [5.41, 5.74) is 2.59. The van der Waals surface area contributed by atoms with Gasteiger partial charge in [0.05, 0.1) is 15.6 Å². The molecule has 1 aromatic heterocycles. The van der Waals surface area contributed by atoms with Crippen LogP contribution in [0.4, 0.5) is 5.00 Å². The zero-order chi connectivity index (χ0) is 19.4. The molecule has 0 saturated carbocycles. The summed E-state index contributed by atoms with van der Waals surface area (Å²) >= 11 is 13.2. The average molecular weight is 414 g/mol. The Morgan fingerprint density at radius 2 is 1.93 bits per heavy atom. The maximum atomic E-state index is 11.6. The summed E-state index contributed by atoms with van der Waals surface area (Å²) in [6.07, 6.45) is 1.69. The van der Waals surface area contributed by atoms with Crippen LogP contribution in [0.5, 0.6) is 0 Å². The molecule has 0 fully saturated rings. The van der Waals surface area contributed by atoms with Gasteiger partial charge in [0, 0.05) is 12.5 Å². The van der Waals surface area contributed by atoms with Crippen molar-refractivity contribution in [3.05, 3.63) is 69.1 Å². The standard InChI is InChI=1S/C20H13Cl2N3OS/c1-12(26)24-20-18(14-5-3-2-4-6-14)25-19(27-20)15(11-23)9-13-7-8-16(21)17(22)10-13/h2-10H,1H3,(H,24,26)/b15-9-. The number of carbonyl (C=O) groups excluding carboxylic acids is 1. The zero-order valence-corrected chi connectivity index (χ0v) is 16.5. The summed E-state index contributed by atoms with van der Waals surface area (Å²) in [5, 5.41) is 14.4. The molecular formula is C20H13Cl2N3OS. The number of amides is 1. The molecule has 0 atom stereocenters. The summed E-state index contributed by atoms with van der Waals surface area (Å²) in [7, 11) is 0. The Morgan fingerprint density at radius 1 is 1.19 bits per heavy atom. The van der Waals surface area contributed by atoms with Gasteiger partial charge in [0.25, 0.3) is 0 Å². The summed E-state index contributed by atoms with van der Waals surface area (Å²) in [6.45, 7) is 1.44. The van der Waals surface area contributed by atoms with Crippen molar-refractivity contribution in [2.75, 3.05) is 5.32 Å². The highest BCUT2D eigenvalue weighted by molar-refractivity contribution is 7.17. The van der Waals surface area contributed by atoms with Crippen LogP contribution in [0, 0.1) is 11.3 Å². The van der Waals surface area contributed by atoms with E-state index in [4.69, 9.17) is 23.2 Å². The van der Waals surface area contributed by atoms with Gasteiger partial charge in [-0.25, -0.2) is 4.98 Å². The Balaban J connectivity index is 2.08. The van der Waals surface area contributed by atoms with Gasteiger partial charge < -0.3 is 5.32 Å². The fourth-order valence-electron chi connectivity index (χ4n) is 2.38. The number of aromatic nitrogens is 1. The van der Waals surface area contributed by atoms with E-state index >= 15 is 0 Å². The van der Waals surface area contributed by atoms with E-state index < -0.39 is 0 Å². The number of nitrogens with zero attached hydrogens (tertiary/aromatic N) is 2. The normalized spacial score (nSPS) is 11.1. The number of halogens is 2. The molecule has 0 spiro atoms. The molecule has 0 bridgehead atoms. The van der Waals surface area contributed by atoms with Gasteiger partial charge in [-0.2, -0.15) is 5.26 Å². The van der Waals surface area contributed by atoms with Crippen molar-refractivity contribution in [2.45, 2.75) is 6.92 Å². The van der Waals surface area contributed by atoms with E-state index in [2.05, 4.69) is 16.4 Å². The van der Waals surface area contributed by atoms with Gasteiger partial charge in [-0.15, -0.1) is 0 Å². The number of benzene rings is 2. The second-order valence-corrected chi connectivity index (χ2v) is 7.40. The number of nitrogens with one attached hydrogen (secondary N) is 1. The van der Waals surface area contributed by atoms with Crippen molar-refractivity contribution < 1.29 is 4.79 Å². The van der Waals surface area contributed by atoms with Gasteiger partial charge in [0.1, 0.15) is 21.8 Å². The highest BCUT2D eigenvalue weighted by Crippen LogP contribution is 2.36. The minimum absolute atomic E-state index is 0.200. The Morgan fingerprint density at radius 3 is 2.56 bits per heavy atom. The molecule has 2 aromatic carbocycles. The van der Waals surface area contributed by atoms with Crippen LogP contribution in [0.2, 0.25) is 10.0 Å². The molecule has 1 heterocycles. The van der Waals surface area contributed by atoms with Crippen molar-refractivity contribution >= 4 is 57.1 Å². The van der Waals surface area contributed by atoms with Gasteiger partial charge in [-0.05, 0) is 23.8 Å². The lowest BCUT2D eigenvalue weighted by molar-refractivity contribution is -0.114. The molecule has 0 aliphatic carbocycles. The highest BCUT2D eigenvalue weighted by Gasteiger charge is 2.17. The summed E-state index contributed by atoms with van der Waals surface area (Å²) < 4.78 is 0. The third-order valence-electron chi connectivity index (χ3n) is 3.57. The number of thiazole rings is 1. The first-order valence-electron chi connectivity index (χ1n) is 7.89. The first-order valence-corrected chi connectivity index (χ1v) is 9.46. The predicted molar refractivity (Wildman–Crippen MR) is 112 cm³/mol. The lowest BCUT2D eigenvalue weighted by atomic mass is 10.1. The number of hydrogen-bond donors (Lipinski definition) is 1. The van der Waals surface area contributed by atoms with Crippen molar-refractivity contribution in [1.29, 1.82) is 5.26 Å². The lowest BCUT2D eigenvalue weighted by Crippen LogP contribution is -2.05. The van der Waals surface area contributed by atoms with E-state index in [9.17, 15) is 10.1 Å². The van der Waals surface area contributed by atoms with Crippen molar-refractivity contribution in [3.8, 4) is 17.3 Å². The minimum Gasteiger partial charge on any atom is -0.316 e. The van der Waals surface area contributed by atoms with Gasteiger partial charge >= 0.3 is 0 Å². The number of allylic oxidation sites excluding steroid dienone is 1. The topological polar surface area (TPSA) is 65.8 Å². The number of anilines is 1. The van der Waals surface area contributed by atoms with Crippen molar-refractivity contribution in [2.24, 2.45) is 0 Å². The lowest BCUT2D eigenvalue weighted by Gasteiger charge is -2.01. The van der Waals surface area contributed by atoms with Crippen LogP contribution < -0.4 is 5.32 Å². The van der Waals surface area contributed by atoms with Gasteiger partial charge in [-0.1, -0.05) is 70.9 Å². The molecule has 3 aromatic rings. The van der Waals surface area contributed by atoms with Crippen molar-refractivity contribution in [1.82, 2.24) is 4.98 Å². The quantitative estimate of drug-likeness (QED) is 0.522. The molecule has 1 N–H and O–H groups in total. The second kappa shape index (κ2) is 8.36. The third-order valence-corrected chi connectivity index (χ3v) is 5.31. The van der Waals surface area contributed by atoms with Gasteiger partial charge in [-0.3, -0.25) is 4.79 Å². The Labute approximate surface area is 170 Å². The van der Waals surface area contributed by atoms with Crippen LogP contribution in [-0.4, -0.2) is 10.9 Å². The zero-order valence-electron chi connectivity index (χ0n) is 14.2. The second-order valence-electron chi connectivity index (χ2n) is 5.59. The van der Waals surface area contributed by atoms with E-state index in [-0.39, 0.29) is 5.91 Å². The van der Waals surface area contributed by atoms with Crippen LogP contribution in [0.1, 0.15) is 17.5 Å². The Bertz CT molecular complexity index is 1070. The number of nitriles is 1. The van der Waals surface area contributed by atoms with E-state index in [0.717, 1.165) is 11.1 Å². The van der Waals surface area contributed by atoms with Gasteiger partial charge in [0.15, 0.2) is 0 Å². The molecule has 0 unspecified atom stereocenters. The molecule has 3 rings (SSSR count). The summed E-state index contributed by atoms with van der Waals surface area (Å²) in [6, 6.07) is 16.8. The molecule has 0 radical (unpaired) electrons. The van der Waals surface area contributed by atoms with Crippen LogP contribution in [0.25, 0.3) is 22.9 Å². The average Bonchev–Trinajstić information content (AvgIpc) is 3.06. The Hall–Kier alpha value is -2.65. The molecule has 0 aliphatic heterocycles. The van der Waals surface area contributed by atoms with Crippen LogP contribution in [-0.2, 0) is 4.79 Å². The van der Waals surface area contributed by atoms with E-state index in [1.807, 2.05) is 30.3 Å². The maximum absolute atomic E-state index is 11.6. The molecule has 27 heavy (non-hydrogen) atoms. The monoisotopic (exact) mass is 413 g/mol. The van der Waals surface area contributed by atoms with E-state index in [1.165, 1.54) is 18.3 Å². The van der Waals surface area contributed by atoms with Crippen LogP contribution in [0.15, 0.2) is 48.5 Å².